The van der Waals surface area contributed by atoms with E-state index in [1.54, 1.807) is 0 Å². The van der Waals surface area contributed by atoms with E-state index in [0.29, 0.717) is 16.8 Å². The molecule has 7 heteroatoms. The second-order valence-corrected chi connectivity index (χ2v) is 6.76. The molecule has 1 aliphatic heterocycles. The summed E-state index contributed by atoms with van der Waals surface area (Å²) in [6.07, 6.45) is 3.48. The highest BCUT2D eigenvalue weighted by Gasteiger charge is 2.29. The van der Waals surface area contributed by atoms with Crippen LogP contribution in [0.1, 0.15) is 19.8 Å². The minimum Gasteiger partial charge on any atom is -0.351 e. The molecule has 0 bridgehead atoms. The van der Waals surface area contributed by atoms with Crippen LogP contribution in [-0.2, 0) is 0 Å². The molecule has 6 nitrogen and oxygen atoms in total. The third-order valence-corrected chi connectivity index (χ3v) is 4.99. The van der Waals surface area contributed by atoms with E-state index < -0.39 is 0 Å². The molecule has 1 aromatic heterocycles. The fourth-order valence-electron chi connectivity index (χ4n) is 2.64. The average Bonchev–Trinajstić information content (AvgIpc) is 2.56. The summed E-state index contributed by atoms with van der Waals surface area (Å²) in [4.78, 5) is 22.6. The maximum Gasteiger partial charge on any atom is 0.343 e. The minimum absolute atomic E-state index is 0.0101. The number of benzene rings is 1. The number of hydrogen-bond acceptors (Lipinski definition) is 6. The van der Waals surface area contributed by atoms with Crippen molar-refractivity contribution in [2.45, 2.75) is 29.7 Å². The zero-order valence-corrected chi connectivity index (χ0v) is 13.7. The van der Waals surface area contributed by atoms with Crippen molar-refractivity contribution < 1.29 is 4.92 Å². The van der Waals surface area contributed by atoms with Crippen LogP contribution in [0.4, 0.5) is 11.5 Å². The lowest BCUT2D eigenvalue weighted by molar-refractivity contribution is -0.387. The van der Waals surface area contributed by atoms with Crippen LogP contribution < -0.4 is 4.90 Å². The Morgan fingerprint density at radius 3 is 2.57 bits per heavy atom. The molecular weight excluding hydrogens is 312 g/mol. The average molecular weight is 330 g/mol. The summed E-state index contributed by atoms with van der Waals surface area (Å²) >= 11 is 1.30. The molecule has 0 aliphatic carbocycles. The Morgan fingerprint density at radius 2 is 1.91 bits per heavy atom. The van der Waals surface area contributed by atoms with Crippen molar-refractivity contribution in [2.24, 2.45) is 5.92 Å². The van der Waals surface area contributed by atoms with Gasteiger partial charge < -0.3 is 4.90 Å². The van der Waals surface area contributed by atoms with E-state index in [2.05, 4.69) is 16.9 Å². The molecule has 0 N–H and O–H groups in total. The molecule has 1 saturated heterocycles. The van der Waals surface area contributed by atoms with Crippen LogP contribution in [0, 0.1) is 16.0 Å². The highest BCUT2D eigenvalue weighted by atomic mass is 32.2. The maximum absolute atomic E-state index is 11.6. The fourth-order valence-corrected chi connectivity index (χ4v) is 3.52. The van der Waals surface area contributed by atoms with Gasteiger partial charge in [-0.05, 0) is 30.9 Å². The first-order valence-corrected chi connectivity index (χ1v) is 8.44. The number of aromatic nitrogens is 2. The summed E-state index contributed by atoms with van der Waals surface area (Å²) < 4.78 is 0. The third-order valence-electron chi connectivity index (χ3n) is 3.99. The Hall–Kier alpha value is -2.15. The molecule has 1 aliphatic rings. The summed E-state index contributed by atoms with van der Waals surface area (Å²) in [5, 5.41) is 12.0. The maximum atomic E-state index is 11.6. The van der Waals surface area contributed by atoms with E-state index in [9.17, 15) is 10.1 Å². The Kier molecular flexibility index (Phi) is 4.76. The van der Waals surface area contributed by atoms with Gasteiger partial charge in [0.25, 0.3) is 0 Å². The lowest BCUT2D eigenvalue weighted by Crippen LogP contribution is -2.34. The molecule has 2 heterocycles. The molecule has 3 rings (SSSR count). The highest BCUT2D eigenvalue weighted by molar-refractivity contribution is 7.99. The molecule has 0 amide bonds. The smallest absolute Gasteiger partial charge is 0.343 e. The molecular formula is C16H18N4O2S. The monoisotopic (exact) mass is 330 g/mol. The second kappa shape index (κ2) is 6.95. The van der Waals surface area contributed by atoms with Crippen molar-refractivity contribution in [1.29, 1.82) is 0 Å². The number of hydrogen-bond donors (Lipinski definition) is 0. The number of piperidine rings is 1. The van der Waals surface area contributed by atoms with Gasteiger partial charge in [-0.15, -0.1) is 0 Å². The van der Waals surface area contributed by atoms with Crippen molar-refractivity contribution in [3.8, 4) is 0 Å². The largest absolute Gasteiger partial charge is 0.351 e. The Bertz CT molecular complexity index is 688. The first kappa shape index (κ1) is 15.7. The molecule has 120 valence electrons. The van der Waals surface area contributed by atoms with Crippen LogP contribution in [0.3, 0.4) is 0 Å². The van der Waals surface area contributed by atoms with Gasteiger partial charge in [-0.3, -0.25) is 10.1 Å². The lowest BCUT2D eigenvalue weighted by Gasteiger charge is -2.30. The highest BCUT2D eigenvalue weighted by Crippen LogP contribution is 2.38. The summed E-state index contributed by atoms with van der Waals surface area (Å²) in [7, 11) is 0. The van der Waals surface area contributed by atoms with Gasteiger partial charge in [0.2, 0.25) is 5.82 Å². The third kappa shape index (κ3) is 3.61. The van der Waals surface area contributed by atoms with E-state index in [1.165, 1.54) is 18.1 Å². The Morgan fingerprint density at radius 1 is 1.22 bits per heavy atom. The molecule has 23 heavy (non-hydrogen) atoms. The normalized spacial score (nSPS) is 15.6. The van der Waals surface area contributed by atoms with E-state index in [4.69, 9.17) is 0 Å². The SMILES string of the molecule is CC1CCN(c2ncnc(Sc3ccccc3)c2[N+](=O)[O-])CC1. The van der Waals surface area contributed by atoms with Crippen LogP contribution in [0.15, 0.2) is 46.6 Å². The summed E-state index contributed by atoms with van der Waals surface area (Å²) in [5.74, 6) is 1.10. The van der Waals surface area contributed by atoms with Gasteiger partial charge in [-0.1, -0.05) is 36.9 Å². The number of anilines is 1. The molecule has 0 atom stereocenters. The zero-order chi connectivity index (χ0) is 16.2. The standard InChI is InChI=1S/C16H18N4O2S/c1-12-7-9-19(10-8-12)15-14(20(21)22)16(18-11-17-15)23-13-5-3-2-4-6-13/h2-6,11-12H,7-10H2,1H3. The number of nitro groups is 1. The Labute approximate surface area is 139 Å². The summed E-state index contributed by atoms with van der Waals surface area (Å²) in [6, 6.07) is 9.56. The van der Waals surface area contributed by atoms with Gasteiger partial charge in [0.1, 0.15) is 6.33 Å². The minimum atomic E-state index is -0.362. The van der Waals surface area contributed by atoms with Crippen LogP contribution in [0.5, 0.6) is 0 Å². The van der Waals surface area contributed by atoms with Crippen molar-refractivity contribution in [3.63, 3.8) is 0 Å². The van der Waals surface area contributed by atoms with Crippen LogP contribution in [0.2, 0.25) is 0 Å². The molecule has 0 unspecified atom stereocenters. The molecule has 0 saturated carbocycles. The van der Waals surface area contributed by atoms with Crippen molar-refractivity contribution >= 4 is 23.3 Å². The first-order chi connectivity index (χ1) is 11.1. The second-order valence-electron chi connectivity index (χ2n) is 5.69. The first-order valence-electron chi connectivity index (χ1n) is 7.62. The Balaban J connectivity index is 1.94. The van der Waals surface area contributed by atoms with Crippen molar-refractivity contribution in [2.75, 3.05) is 18.0 Å². The van der Waals surface area contributed by atoms with Gasteiger partial charge >= 0.3 is 5.69 Å². The zero-order valence-electron chi connectivity index (χ0n) is 12.9. The van der Waals surface area contributed by atoms with Gasteiger partial charge in [0.15, 0.2) is 5.03 Å². The van der Waals surface area contributed by atoms with E-state index in [1.807, 2.05) is 35.2 Å². The topological polar surface area (TPSA) is 72.2 Å². The molecule has 1 aromatic carbocycles. The number of nitrogens with zero attached hydrogens (tertiary/aromatic N) is 4. The van der Waals surface area contributed by atoms with Gasteiger partial charge in [0, 0.05) is 18.0 Å². The molecule has 1 fully saturated rings. The van der Waals surface area contributed by atoms with Gasteiger partial charge in [0.05, 0.1) is 4.92 Å². The van der Waals surface area contributed by atoms with E-state index in [-0.39, 0.29) is 10.6 Å². The van der Waals surface area contributed by atoms with Crippen LogP contribution >= 0.6 is 11.8 Å². The predicted molar refractivity (Wildman–Crippen MR) is 89.9 cm³/mol. The summed E-state index contributed by atoms with van der Waals surface area (Å²) in [6.45, 7) is 3.81. The predicted octanol–water partition coefficient (Wildman–Crippen LogP) is 3.77. The van der Waals surface area contributed by atoms with Gasteiger partial charge in [-0.2, -0.15) is 0 Å². The van der Waals surface area contributed by atoms with Gasteiger partial charge in [-0.25, -0.2) is 9.97 Å². The molecule has 0 spiro atoms. The van der Waals surface area contributed by atoms with Crippen molar-refractivity contribution in [1.82, 2.24) is 9.97 Å². The van der Waals surface area contributed by atoms with Crippen LogP contribution in [0.25, 0.3) is 0 Å². The quantitative estimate of drug-likeness (QED) is 0.483. The van der Waals surface area contributed by atoms with E-state index in [0.717, 1.165) is 30.8 Å². The van der Waals surface area contributed by atoms with Crippen molar-refractivity contribution in [3.05, 3.63) is 46.8 Å². The lowest BCUT2D eigenvalue weighted by atomic mass is 9.99. The number of rotatable bonds is 4. The molecule has 0 radical (unpaired) electrons. The van der Waals surface area contributed by atoms with E-state index >= 15 is 0 Å². The van der Waals surface area contributed by atoms with Crippen LogP contribution in [-0.4, -0.2) is 28.0 Å². The molecule has 2 aromatic rings. The fraction of sp³-hybridized carbons (Fsp3) is 0.375. The summed E-state index contributed by atoms with van der Waals surface area (Å²) in [5.41, 5.74) is 0.0101.